The molecule has 25 heavy (non-hydrogen) atoms. The van der Waals surface area contributed by atoms with Crippen molar-refractivity contribution in [3.8, 4) is 0 Å². The van der Waals surface area contributed by atoms with Crippen LogP contribution < -0.4 is 0 Å². The molecule has 1 unspecified atom stereocenters. The van der Waals surface area contributed by atoms with E-state index in [9.17, 15) is 14.4 Å². The summed E-state index contributed by atoms with van der Waals surface area (Å²) in [6, 6.07) is 16.0. The highest BCUT2D eigenvalue weighted by molar-refractivity contribution is 6.20. The molecule has 2 aromatic rings. The zero-order chi connectivity index (χ0) is 17.8. The molecule has 0 radical (unpaired) electrons. The van der Waals surface area contributed by atoms with Gasteiger partial charge in [0.1, 0.15) is 0 Å². The normalized spacial score (nSPS) is 14.4. The van der Waals surface area contributed by atoms with Gasteiger partial charge in [-0.1, -0.05) is 47.5 Å². The molecule has 0 aromatic heterocycles. The van der Waals surface area contributed by atoms with Gasteiger partial charge in [-0.3, -0.25) is 9.59 Å². The van der Waals surface area contributed by atoms with Crippen LogP contribution in [0.25, 0.3) is 0 Å². The number of nitrogens with zero attached hydrogens (tertiary/aromatic N) is 1. The molecular formula is C19H17NO5. The maximum atomic E-state index is 12.2. The minimum absolute atomic E-state index is 0.220. The van der Waals surface area contributed by atoms with E-state index in [4.69, 9.17) is 9.57 Å². The van der Waals surface area contributed by atoms with Gasteiger partial charge in [0, 0.05) is 0 Å². The lowest BCUT2D eigenvalue weighted by Crippen LogP contribution is -2.37. The molecular weight excluding hydrogens is 322 g/mol. The van der Waals surface area contributed by atoms with Gasteiger partial charge in [0.25, 0.3) is 11.8 Å². The van der Waals surface area contributed by atoms with Crippen molar-refractivity contribution in [3.63, 3.8) is 0 Å². The van der Waals surface area contributed by atoms with Crippen LogP contribution in [-0.2, 0) is 20.8 Å². The molecule has 1 atom stereocenters. The van der Waals surface area contributed by atoms with Gasteiger partial charge in [-0.2, -0.15) is 0 Å². The summed E-state index contributed by atoms with van der Waals surface area (Å²) in [5.41, 5.74) is 1.53. The molecule has 1 aliphatic heterocycles. The van der Waals surface area contributed by atoms with Crippen LogP contribution in [0.5, 0.6) is 0 Å². The molecule has 0 spiro atoms. The number of imide groups is 1. The number of hydrogen-bond acceptors (Lipinski definition) is 5. The first-order valence-electron chi connectivity index (χ1n) is 7.93. The number of hydrogen-bond donors (Lipinski definition) is 0. The number of ether oxygens (including phenoxy) is 1. The van der Waals surface area contributed by atoms with Crippen molar-refractivity contribution in [2.45, 2.75) is 19.4 Å². The van der Waals surface area contributed by atoms with E-state index in [0.29, 0.717) is 18.1 Å². The Balaban J connectivity index is 1.54. The summed E-state index contributed by atoms with van der Waals surface area (Å²) in [6.07, 6.45) is -0.251. The maximum absolute atomic E-state index is 12.2. The molecule has 6 nitrogen and oxygen atoms in total. The summed E-state index contributed by atoms with van der Waals surface area (Å²) >= 11 is 0. The zero-order valence-corrected chi connectivity index (χ0v) is 13.7. The molecule has 0 aliphatic carbocycles. The van der Waals surface area contributed by atoms with E-state index in [2.05, 4.69) is 0 Å². The Kier molecular flexibility index (Phi) is 4.90. The first kappa shape index (κ1) is 16.9. The van der Waals surface area contributed by atoms with Crippen LogP contribution in [0, 0.1) is 0 Å². The van der Waals surface area contributed by atoms with Crippen molar-refractivity contribution in [2.75, 3.05) is 6.61 Å². The predicted molar refractivity (Wildman–Crippen MR) is 88.6 cm³/mol. The third-order valence-electron chi connectivity index (χ3n) is 3.87. The molecule has 0 saturated carbocycles. The van der Waals surface area contributed by atoms with Gasteiger partial charge in [0.2, 0.25) is 0 Å². The van der Waals surface area contributed by atoms with Gasteiger partial charge in [-0.05, 0) is 31.0 Å². The fourth-order valence-electron chi connectivity index (χ4n) is 2.48. The Morgan fingerprint density at radius 2 is 1.52 bits per heavy atom. The lowest BCUT2D eigenvalue weighted by molar-refractivity contribution is -0.180. The lowest BCUT2D eigenvalue weighted by Gasteiger charge is -2.16. The molecule has 128 valence electrons. The van der Waals surface area contributed by atoms with Crippen LogP contribution >= 0.6 is 0 Å². The summed E-state index contributed by atoms with van der Waals surface area (Å²) in [5, 5.41) is 0.490. The number of amides is 2. The lowest BCUT2D eigenvalue weighted by atomic mass is 10.1. The standard InChI is InChI=1S/C19H17NO5/c1-13(24-12-11-14-7-3-2-4-8-14)19(23)25-20-17(21)15-9-5-6-10-16(15)18(20)22/h2-10,13H,11-12H2,1H3. The second kappa shape index (κ2) is 7.27. The summed E-state index contributed by atoms with van der Waals surface area (Å²) in [4.78, 5) is 41.3. The molecule has 1 aliphatic rings. The number of fused-ring (bicyclic) bond motifs is 1. The second-order valence-corrected chi connectivity index (χ2v) is 5.61. The van der Waals surface area contributed by atoms with Crippen LogP contribution in [0.3, 0.4) is 0 Å². The zero-order valence-electron chi connectivity index (χ0n) is 13.7. The summed E-state index contributed by atoms with van der Waals surface area (Å²) in [6.45, 7) is 1.84. The molecule has 6 heteroatoms. The highest BCUT2D eigenvalue weighted by atomic mass is 16.7. The van der Waals surface area contributed by atoms with Crippen LogP contribution in [0.4, 0.5) is 0 Å². The minimum Gasteiger partial charge on any atom is -0.366 e. The van der Waals surface area contributed by atoms with E-state index < -0.39 is 23.9 Å². The third kappa shape index (κ3) is 3.59. The molecule has 0 bridgehead atoms. The van der Waals surface area contributed by atoms with Gasteiger partial charge in [0.15, 0.2) is 6.10 Å². The molecule has 3 rings (SSSR count). The molecule has 0 fully saturated rings. The van der Waals surface area contributed by atoms with E-state index in [-0.39, 0.29) is 11.1 Å². The number of carbonyl (C=O) groups is 3. The van der Waals surface area contributed by atoms with E-state index in [1.54, 1.807) is 12.1 Å². The smallest absolute Gasteiger partial charge is 0.361 e. The topological polar surface area (TPSA) is 72.9 Å². The quantitative estimate of drug-likeness (QED) is 0.756. The Morgan fingerprint density at radius 1 is 0.960 bits per heavy atom. The second-order valence-electron chi connectivity index (χ2n) is 5.61. The Bertz CT molecular complexity index is 767. The number of rotatable bonds is 6. The first-order chi connectivity index (χ1) is 12.1. The maximum Gasteiger partial charge on any atom is 0.361 e. The van der Waals surface area contributed by atoms with E-state index in [1.165, 1.54) is 19.1 Å². The Morgan fingerprint density at radius 3 is 2.12 bits per heavy atom. The van der Waals surface area contributed by atoms with E-state index in [0.717, 1.165) is 5.56 Å². The summed E-state index contributed by atoms with van der Waals surface area (Å²) in [5.74, 6) is -2.08. The fraction of sp³-hybridized carbons (Fsp3) is 0.211. The fourth-order valence-corrected chi connectivity index (χ4v) is 2.48. The van der Waals surface area contributed by atoms with Crippen LogP contribution in [0.2, 0.25) is 0 Å². The van der Waals surface area contributed by atoms with Crippen molar-refractivity contribution in [3.05, 3.63) is 71.3 Å². The monoisotopic (exact) mass is 339 g/mol. The molecule has 1 heterocycles. The minimum atomic E-state index is -0.895. The third-order valence-corrected chi connectivity index (χ3v) is 3.87. The summed E-state index contributed by atoms with van der Waals surface area (Å²) in [7, 11) is 0. The first-order valence-corrected chi connectivity index (χ1v) is 7.93. The molecule has 0 saturated heterocycles. The molecule has 2 amide bonds. The van der Waals surface area contributed by atoms with Gasteiger partial charge in [-0.25, -0.2) is 4.79 Å². The average Bonchev–Trinajstić information content (AvgIpc) is 2.88. The van der Waals surface area contributed by atoms with Crippen molar-refractivity contribution in [1.29, 1.82) is 0 Å². The number of carbonyl (C=O) groups excluding carboxylic acids is 3. The van der Waals surface area contributed by atoms with Crippen molar-refractivity contribution >= 4 is 17.8 Å². The van der Waals surface area contributed by atoms with Crippen molar-refractivity contribution in [2.24, 2.45) is 0 Å². The van der Waals surface area contributed by atoms with E-state index >= 15 is 0 Å². The molecule has 0 N–H and O–H groups in total. The van der Waals surface area contributed by atoms with Crippen LogP contribution in [0.15, 0.2) is 54.6 Å². The average molecular weight is 339 g/mol. The van der Waals surface area contributed by atoms with Crippen LogP contribution in [-0.4, -0.2) is 35.6 Å². The highest BCUT2D eigenvalue weighted by Gasteiger charge is 2.39. The van der Waals surface area contributed by atoms with Crippen molar-refractivity contribution < 1.29 is 24.0 Å². The highest BCUT2D eigenvalue weighted by Crippen LogP contribution is 2.23. The Hall–Kier alpha value is -2.99. The number of benzene rings is 2. The van der Waals surface area contributed by atoms with Gasteiger partial charge >= 0.3 is 5.97 Å². The Labute approximate surface area is 144 Å². The largest absolute Gasteiger partial charge is 0.366 e. The number of hydroxylamine groups is 2. The SMILES string of the molecule is CC(OCCc1ccccc1)C(=O)ON1C(=O)c2ccccc2C1=O. The van der Waals surface area contributed by atoms with Gasteiger partial charge < -0.3 is 9.57 Å². The predicted octanol–water partition coefficient (Wildman–Crippen LogP) is 2.39. The van der Waals surface area contributed by atoms with Gasteiger partial charge in [-0.15, -0.1) is 0 Å². The van der Waals surface area contributed by atoms with Crippen LogP contribution in [0.1, 0.15) is 33.2 Å². The molecule has 2 aromatic carbocycles. The van der Waals surface area contributed by atoms with E-state index in [1.807, 2.05) is 30.3 Å². The van der Waals surface area contributed by atoms with Gasteiger partial charge in [0.05, 0.1) is 17.7 Å². The summed E-state index contributed by atoms with van der Waals surface area (Å²) < 4.78 is 5.44. The van der Waals surface area contributed by atoms with Crippen molar-refractivity contribution in [1.82, 2.24) is 5.06 Å².